The van der Waals surface area contributed by atoms with E-state index >= 15 is 0 Å². The molecule has 256 valence electrons. The fraction of sp³-hybridized carbons (Fsp3) is 0.552. The van der Waals surface area contributed by atoms with Crippen molar-refractivity contribution in [3.8, 4) is 40.2 Å². The van der Waals surface area contributed by atoms with Gasteiger partial charge in [0.1, 0.15) is 36.8 Å². The SMILES string of the molecule is COc1cc(C(=O)OCC2(O)COC(OC3C(Oc4cc(OC)c(OC)c(OC)c4)OC(CO)C(O)C3O)C2O)cc(OC)c1O. The number of methoxy groups -OCH3 is 5. The van der Waals surface area contributed by atoms with Crippen molar-refractivity contribution in [1.82, 2.24) is 0 Å². The summed E-state index contributed by atoms with van der Waals surface area (Å²) in [5.41, 5.74) is -2.26. The number of hydrogen-bond donors (Lipinski definition) is 6. The van der Waals surface area contributed by atoms with Crippen molar-refractivity contribution in [2.24, 2.45) is 0 Å². The molecule has 0 aromatic heterocycles. The average molecular weight is 659 g/mol. The molecule has 17 nitrogen and oxygen atoms in total. The number of phenolic OH excluding ortho intramolecular Hbond substituents is 1. The molecule has 2 aromatic rings. The summed E-state index contributed by atoms with van der Waals surface area (Å²) in [4.78, 5) is 12.8. The zero-order valence-electron chi connectivity index (χ0n) is 25.6. The molecule has 17 heteroatoms. The summed E-state index contributed by atoms with van der Waals surface area (Å²) in [6.07, 6.45) is -11.2. The van der Waals surface area contributed by atoms with Crippen LogP contribution in [0.25, 0.3) is 0 Å². The minimum atomic E-state index is -2.18. The second kappa shape index (κ2) is 14.7. The lowest BCUT2D eigenvalue weighted by Gasteiger charge is -2.42. The van der Waals surface area contributed by atoms with Gasteiger partial charge in [0.05, 0.1) is 54.3 Å². The Hall–Kier alpha value is -3.81. The first-order chi connectivity index (χ1) is 21.9. The normalized spacial score (nSPS) is 29.1. The number of hydrogen-bond acceptors (Lipinski definition) is 17. The van der Waals surface area contributed by atoms with E-state index in [1.807, 2.05) is 0 Å². The number of rotatable bonds is 13. The molecule has 0 bridgehead atoms. The van der Waals surface area contributed by atoms with Gasteiger partial charge in [-0.2, -0.15) is 0 Å². The Balaban J connectivity index is 1.50. The molecule has 0 amide bonds. The van der Waals surface area contributed by atoms with E-state index < -0.39 is 74.5 Å². The minimum Gasteiger partial charge on any atom is -0.502 e. The summed E-state index contributed by atoms with van der Waals surface area (Å²) in [5.74, 6) is -0.608. The molecule has 2 aromatic carbocycles. The molecule has 2 saturated heterocycles. The van der Waals surface area contributed by atoms with E-state index in [4.69, 9.17) is 47.4 Å². The molecular weight excluding hydrogens is 620 g/mol. The topological polar surface area (TPSA) is 231 Å². The zero-order valence-corrected chi connectivity index (χ0v) is 25.6. The van der Waals surface area contributed by atoms with E-state index in [0.29, 0.717) is 0 Å². The van der Waals surface area contributed by atoms with Gasteiger partial charge in [-0.3, -0.25) is 0 Å². The third kappa shape index (κ3) is 6.96. The van der Waals surface area contributed by atoms with Gasteiger partial charge in [0.2, 0.25) is 17.8 Å². The van der Waals surface area contributed by atoms with E-state index in [-0.39, 0.29) is 45.8 Å². The van der Waals surface area contributed by atoms with Crippen LogP contribution in [-0.4, -0.2) is 141 Å². The number of carbonyl (C=O) groups excluding carboxylic acids is 1. The molecule has 0 spiro atoms. The van der Waals surface area contributed by atoms with Crippen LogP contribution in [0.15, 0.2) is 24.3 Å². The number of carbonyl (C=O) groups is 1. The standard InChI is InChI=1S/C29H38O17/c1-37-15-6-13(7-16(38-2)20(15)31)26(35)42-11-29(36)12-43-28(25(29)34)46-24-22(33)21(32)19(10-30)45-27(24)44-14-8-17(39-3)23(41-5)18(9-14)40-4/h6-9,19,21-22,24-25,27-28,30-34,36H,10-12H2,1-5H3. The smallest absolute Gasteiger partial charge is 0.338 e. The molecule has 2 fully saturated rings. The van der Waals surface area contributed by atoms with Crippen LogP contribution in [0.1, 0.15) is 10.4 Å². The van der Waals surface area contributed by atoms with E-state index in [0.717, 1.165) is 0 Å². The van der Waals surface area contributed by atoms with Crippen LogP contribution in [0.5, 0.6) is 40.2 Å². The van der Waals surface area contributed by atoms with Crippen molar-refractivity contribution >= 4 is 5.97 Å². The van der Waals surface area contributed by atoms with Crippen LogP contribution in [0.3, 0.4) is 0 Å². The van der Waals surface area contributed by atoms with Crippen LogP contribution in [0.2, 0.25) is 0 Å². The van der Waals surface area contributed by atoms with Crippen molar-refractivity contribution in [3.63, 3.8) is 0 Å². The van der Waals surface area contributed by atoms with Gasteiger partial charge >= 0.3 is 5.97 Å². The molecule has 4 rings (SSSR count). The molecule has 0 saturated carbocycles. The van der Waals surface area contributed by atoms with Crippen LogP contribution in [0, 0.1) is 0 Å². The summed E-state index contributed by atoms with van der Waals surface area (Å²) < 4.78 is 54.1. The predicted molar refractivity (Wildman–Crippen MR) is 152 cm³/mol. The fourth-order valence-electron chi connectivity index (χ4n) is 4.89. The highest BCUT2D eigenvalue weighted by atomic mass is 16.8. The molecule has 6 N–H and O–H groups in total. The number of aromatic hydroxyl groups is 1. The molecule has 0 radical (unpaired) electrons. The van der Waals surface area contributed by atoms with Crippen molar-refractivity contribution in [2.75, 3.05) is 55.4 Å². The number of esters is 1. The highest BCUT2D eigenvalue weighted by Gasteiger charge is 2.54. The number of aliphatic hydroxyl groups is 5. The summed E-state index contributed by atoms with van der Waals surface area (Å²) in [7, 11) is 6.74. The maximum absolute atomic E-state index is 12.8. The third-order valence-corrected chi connectivity index (χ3v) is 7.48. The lowest BCUT2D eigenvalue weighted by molar-refractivity contribution is -0.318. The highest BCUT2D eigenvalue weighted by Crippen LogP contribution is 2.42. The Morgan fingerprint density at radius 3 is 1.98 bits per heavy atom. The van der Waals surface area contributed by atoms with Gasteiger partial charge in [-0.05, 0) is 12.1 Å². The molecule has 2 heterocycles. The van der Waals surface area contributed by atoms with Gasteiger partial charge in [0.25, 0.3) is 0 Å². The van der Waals surface area contributed by atoms with Crippen molar-refractivity contribution in [3.05, 3.63) is 29.8 Å². The lowest BCUT2D eigenvalue weighted by Crippen LogP contribution is -2.62. The molecule has 0 aliphatic carbocycles. The molecular formula is C29H38O17. The number of phenols is 1. The van der Waals surface area contributed by atoms with Crippen LogP contribution in [0.4, 0.5) is 0 Å². The van der Waals surface area contributed by atoms with Crippen LogP contribution in [-0.2, 0) is 18.9 Å². The number of aliphatic hydroxyl groups excluding tert-OH is 4. The number of benzene rings is 2. The second-order valence-electron chi connectivity index (χ2n) is 10.3. The van der Waals surface area contributed by atoms with E-state index in [1.165, 1.54) is 59.8 Å². The Kier molecular flexibility index (Phi) is 11.2. The van der Waals surface area contributed by atoms with Crippen LogP contribution >= 0.6 is 0 Å². The van der Waals surface area contributed by atoms with Gasteiger partial charge in [0, 0.05) is 12.1 Å². The number of ether oxygens (including phenoxy) is 10. The van der Waals surface area contributed by atoms with E-state index in [1.54, 1.807) is 0 Å². The van der Waals surface area contributed by atoms with Gasteiger partial charge < -0.3 is 78.0 Å². The van der Waals surface area contributed by atoms with Crippen molar-refractivity contribution in [1.29, 1.82) is 0 Å². The molecule has 8 unspecified atom stereocenters. The average Bonchev–Trinajstić information content (AvgIpc) is 3.35. The van der Waals surface area contributed by atoms with E-state index in [9.17, 15) is 35.4 Å². The second-order valence-corrected chi connectivity index (χ2v) is 10.3. The lowest BCUT2D eigenvalue weighted by atomic mass is 9.98. The van der Waals surface area contributed by atoms with Gasteiger partial charge in [-0.15, -0.1) is 0 Å². The third-order valence-electron chi connectivity index (χ3n) is 7.48. The Bertz CT molecular complexity index is 1300. The quantitative estimate of drug-likeness (QED) is 0.141. The van der Waals surface area contributed by atoms with Gasteiger partial charge in [-0.25, -0.2) is 4.79 Å². The summed E-state index contributed by atoms with van der Waals surface area (Å²) in [6, 6.07) is 5.25. The first-order valence-electron chi connectivity index (χ1n) is 13.8. The molecule has 8 atom stereocenters. The van der Waals surface area contributed by atoms with Gasteiger partial charge in [-0.1, -0.05) is 0 Å². The van der Waals surface area contributed by atoms with Crippen molar-refractivity contribution in [2.45, 2.75) is 48.7 Å². The van der Waals surface area contributed by atoms with E-state index in [2.05, 4.69) is 0 Å². The first kappa shape index (κ1) is 35.1. The first-order valence-corrected chi connectivity index (χ1v) is 13.8. The Morgan fingerprint density at radius 1 is 0.870 bits per heavy atom. The Morgan fingerprint density at radius 2 is 1.46 bits per heavy atom. The summed E-state index contributed by atoms with van der Waals surface area (Å²) in [5, 5.41) is 63.3. The largest absolute Gasteiger partial charge is 0.502 e. The summed E-state index contributed by atoms with van der Waals surface area (Å²) in [6.45, 7) is -2.02. The minimum absolute atomic E-state index is 0.0649. The van der Waals surface area contributed by atoms with Crippen LogP contribution < -0.4 is 28.4 Å². The van der Waals surface area contributed by atoms with Gasteiger partial charge in [0.15, 0.2) is 41.0 Å². The van der Waals surface area contributed by atoms with Crippen molar-refractivity contribution < 1.29 is 82.8 Å². The fourth-order valence-corrected chi connectivity index (χ4v) is 4.89. The maximum atomic E-state index is 12.8. The molecule has 2 aliphatic heterocycles. The Labute approximate surface area is 263 Å². The highest BCUT2D eigenvalue weighted by molar-refractivity contribution is 5.91. The molecule has 2 aliphatic rings. The summed E-state index contributed by atoms with van der Waals surface area (Å²) >= 11 is 0. The predicted octanol–water partition coefficient (Wildman–Crippen LogP) is -1.06. The zero-order chi connectivity index (χ0) is 33.8. The maximum Gasteiger partial charge on any atom is 0.338 e. The monoisotopic (exact) mass is 658 g/mol. The molecule has 46 heavy (non-hydrogen) atoms.